The molecule has 2 heterocycles. The van der Waals surface area contributed by atoms with Crippen molar-refractivity contribution < 1.29 is 14.4 Å². The van der Waals surface area contributed by atoms with Gasteiger partial charge in [0.15, 0.2) is 0 Å². The van der Waals surface area contributed by atoms with E-state index in [0.717, 1.165) is 15.3 Å². The summed E-state index contributed by atoms with van der Waals surface area (Å²) in [6.45, 7) is 3.92. The van der Waals surface area contributed by atoms with Crippen LogP contribution >= 0.6 is 11.6 Å². The van der Waals surface area contributed by atoms with E-state index < -0.39 is 17.8 Å². The molecule has 126 valence electrons. The summed E-state index contributed by atoms with van der Waals surface area (Å²) in [5.41, 5.74) is 1.50. The van der Waals surface area contributed by atoms with Gasteiger partial charge in [-0.3, -0.25) is 14.5 Å². The van der Waals surface area contributed by atoms with E-state index in [1.165, 1.54) is 0 Å². The predicted molar refractivity (Wildman–Crippen MR) is 88.2 cm³/mol. The topological polar surface area (TPSA) is 75.5 Å². The van der Waals surface area contributed by atoms with Crippen LogP contribution in [0.15, 0.2) is 18.2 Å². The number of nitrogens with zero attached hydrogens (tertiary/aromatic N) is 4. The first-order valence-corrected chi connectivity index (χ1v) is 7.95. The fourth-order valence-electron chi connectivity index (χ4n) is 2.72. The Bertz CT molecular complexity index is 858. The number of aryl methyl sites for hydroxylation is 1. The second-order valence-corrected chi connectivity index (χ2v) is 6.64. The fraction of sp³-hybridized carbons (Fsp3) is 0.375. The highest BCUT2D eigenvalue weighted by Gasteiger charge is 2.44. The number of hydrogen-bond acceptors (Lipinski definition) is 4. The maximum Gasteiger partial charge on any atom is 0.334 e. The van der Waals surface area contributed by atoms with E-state index in [-0.39, 0.29) is 19.0 Å². The molecule has 0 N–H and O–H groups in total. The summed E-state index contributed by atoms with van der Waals surface area (Å²) in [6, 6.07) is 4.68. The van der Waals surface area contributed by atoms with E-state index in [0.29, 0.717) is 16.4 Å². The van der Waals surface area contributed by atoms with E-state index >= 15 is 0 Å². The Morgan fingerprint density at radius 2 is 1.79 bits per heavy atom. The zero-order valence-electron chi connectivity index (χ0n) is 13.6. The number of rotatable bonds is 4. The lowest BCUT2D eigenvalue weighted by Crippen LogP contribution is -2.35. The van der Waals surface area contributed by atoms with Crippen molar-refractivity contribution in [3.8, 4) is 0 Å². The monoisotopic (exact) mass is 348 g/mol. The highest BCUT2D eigenvalue weighted by Crippen LogP contribution is 2.22. The predicted octanol–water partition coefficient (Wildman–Crippen LogP) is 2.17. The number of urea groups is 1. The van der Waals surface area contributed by atoms with Gasteiger partial charge in [0.1, 0.15) is 5.82 Å². The van der Waals surface area contributed by atoms with Crippen molar-refractivity contribution in [1.29, 1.82) is 0 Å². The summed E-state index contributed by atoms with van der Waals surface area (Å²) in [4.78, 5) is 42.9. The minimum absolute atomic E-state index is 0.0548. The maximum atomic E-state index is 12.4. The summed E-state index contributed by atoms with van der Waals surface area (Å²) in [5.74, 6) is -1.00. The van der Waals surface area contributed by atoms with Gasteiger partial charge in [-0.1, -0.05) is 25.4 Å². The number of carbonyl (C=O) groups is 3. The van der Waals surface area contributed by atoms with Crippen LogP contribution in [0.2, 0.25) is 5.02 Å². The van der Waals surface area contributed by atoms with Crippen LogP contribution < -0.4 is 0 Å². The molecule has 1 fully saturated rings. The van der Waals surface area contributed by atoms with Crippen molar-refractivity contribution in [3.05, 3.63) is 29.0 Å². The Labute approximate surface area is 143 Å². The number of aromatic nitrogens is 2. The number of hydrogen-bond donors (Lipinski definition) is 0. The average Bonchev–Trinajstić information content (AvgIpc) is 2.92. The van der Waals surface area contributed by atoms with Crippen LogP contribution in [0.3, 0.4) is 0 Å². The molecule has 0 spiro atoms. The molecule has 1 aliphatic rings. The molecule has 24 heavy (non-hydrogen) atoms. The van der Waals surface area contributed by atoms with Gasteiger partial charge in [0.2, 0.25) is 0 Å². The third-order valence-corrected chi connectivity index (χ3v) is 4.15. The molecule has 0 aliphatic carbocycles. The number of imidazole rings is 1. The van der Waals surface area contributed by atoms with Crippen molar-refractivity contribution in [3.63, 3.8) is 0 Å². The number of amides is 4. The molecule has 0 saturated carbocycles. The number of benzene rings is 1. The zero-order chi connectivity index (χ0) is 17.6. The molecule has 1 aliphatic heterocycles. The first kappa shape index (κ1) is 16.4. The van der Waals surface area contributed by atoms with Gasteiger partial charge in [0.05, 0.1) is 17.6 Å². The second kappa shape index (κ2) is 5.90. The van der Waals surface area contributed by atoms with Crippen LogP contribution in [-0.4, -0.2) is 43.7 Å². The summed E-state index contributed by atoms with van der Waals surface area (Å²) in [7, 11) is 1.79. The Morgan fingerprint density at radius 1 is 1.12 bits per heavy atom. The molecular formula is C16H17ClN4O3. The molecule has 3 rings (SSSR count). The number of halogens is 1. The third kappa shape index (κ3) is 2.65. The molecule has 1 aromatic heterocycles. The van der Waals surface area contributed by atoms with Crippen molar-refractivity contribution in [1.82, 2.24) is 19.4 Å². The molecule has 2 aromatic rings. The van der Waals surface area contributed by atoms with Gasteiger partial charge in [-0.05, 0) is 24.1 Å². The van der Waals surface area contributed by atoms with E-state index in [4.69, 9.17) is 11.6 Å². The lowest BCUT2D eigenvalue weighted by molar-refractivity contribution is -0.143. The first-order chi connectivity index (χ1) is 11.3. The van der Waals surface area contributed by atoms with Crippen LogP contribution in [0, 0.1) is 5.92 Å². The molecule has 4 amide bonds. The third-order valence-electron chi connectivity index (χ3n) is 3.92. The van der Waals surface area contributed by atoms with Gasteiger partial charge in [-0.15, -0.1) is 0 Å². The standard InChI is InChI=1S/C16H17ClN4O3/c1-9(2)7-20-14(22)15(23)21(16(20)24)8-13-18-11-6-10(17)4-5-12(11)19(13)3/h4-6,9H,7-8H2,1-3H3. The van der Waals surface area contributed by atoms with E-state index in [1.54, 1.807) is 23.7 Å². The quantitative estimate of drug-likeness (QED) is 0.627. The molecule has 8 heteroatoms. The molecule has 0 atom stereocenters. The SMILES string of the molecule is CC(C)CN1C(=O)C(=O)N(Cc2nc3cc(Cl)ccc3n2C)C1=O. The minimum Gasteiger partial charge on any atom is -0.330 e. The molecule has 7 nitrogen and oxygen atoms in total. The lowest BCUT2D eigenvalue weighted by atomic mass is 10.2. The first-order valence-electron chi connectivity index (χ1n) is 7.57. The van der Waals surface area contributed by atoms with Gasteiger partial charge in [0.25, 0.3) is 0 Å². The average molecular weight is 349 g/mol. The molecule has 0 bridgehead atoms. The van der Waals surface area contributed by atoms with Gasteiger partial charge < -0.3 is 4.57 Å². The van der Waals surface area contributed by atoms with Crippen molar-refractivity contribution in [2.75, 3.05) is 6.54 Å². The Kier molecular flexibility index (Phi) is 4.04. The second-order valence-electron chi connectivity index (χ2n) is 6.20. The Morgan fingerprint density at radius 3 is 2.46 bits per heavy atom. The summed E-state index contributed by atoms with van der Waals surface area (Å²) in [5, 5.41) is 0.554. The molecular weight excluding hydrogens is 332 g/mol. The molecule has 0 unspecified atom stereocenters. The number of carbonyl (C=O) groups excluding carboxylic acids is 3. The zero-order valence-corrected chi connectivity index (χ0v) is 14.4. The van der Waals surface area contributed by atoms with E-state index in [9.17, 15) is 14.4 Å². The van der Waals surface area contributed by atoms with Gasteiger partial charge in [0, 0.05) is 18.6 Å². The number of fused-ring (bicyclic) bond motifs is 1. The molecule has 1 aromatic carbocycles. The van der Waals surface area contributed by atoms with Crippen molar-refractivity contribution in [2.45, 2.75) is 20.4 Å². The summed E-state index contributed by atoms with van der Waals surface area (Å²) in [6.07, 6.45) is 0. The van der Waals surface area contributed by atoms with Crippen molar-refractivity contribution in [2.24, 2.45) is 13.0 Å². The summed E-state index contributed by atoms with van der Waals surface area (Å²) < 4.78 is 1.78. The van der Waals surface area contributed by atoms with E-state index in [1.807, 2.05) is 19.9 Å². The van der Waals surface area contributed by atoms with Crippen LogP contribution in [0.5, 0.6) is 0 Å². The number of imide groups is 2. The smallest absolute Gasteiger partial charge is 0.330 e. The summed E-state index contributed by atoms with van der Waals surface area (Å²) >= 11 is 5.96. The normalized spacial score (nSPS) is 15.5. The molecule has 0 radical (unpaired) electrons. The van der Waals surface area contributed by atoms with Gasteiger partial charge in [-0.25, -0.2) is 14.7 Å². The highest BCUT2D eigenvalue weighted by molar-refractivity contribution is 6.44. The Balaban J connectivity index is 1.91. The maximum absolute atomic E-state index is 12.4. The highest BCUT2D eigenvalue weighted by atomic mass is 35.5. The Hall–Kier alpha value is -2.41. The van der Waals surface area contributed by atoms with Gasteiger partial charge in [-0.2, -0.15) is 0 Å². The minimum atomic E-state index is -0.814. The lowest BCUT2D eigenvalue weighted by Gasteiger charge is -2.16. The van der Waals surface area contributed by atoms with Crippen molar-refractivity contribution >= 4 is 40.5 Å². The molecule has 1 saturated heterocycles. The van der Waals surface area contributed by atoms with Gasteiger partial charge >= 0.3 is 17.8 Å². The largest absolute Gasteiger partial charge is 0.334 e. The van der Waals surface area contributed by atoms with Crippen LogP contribution in [-0.2, 0) is 23.2 Å². The van der Waals surface area contributed by atoms with E-state index in [2.05, 4.69) is 4.98 Å². The van der Waals surface area contributed by atoms with Crippen LogP contribution in [0.25, 0.3) is 11.0 Å². The fourth-order valence-corrected chi connectivity index (χ4v) is 2.89. The van der Waals surface area contributed by atoms with Crippen LogP contribution in [0.1, 0.15) is 19.7 Å². The van der Waals surface area contributed by atoms with Crippen LogP contribution in [0.4, 0.5) is 4.79 Å².